The number of para-hydroxylation sites is 2. The van der Waals surface area contributed by atoms with Gasteiger partial charge in [-0.05, 0) is 29.8 Å². The molecule has 1 heterocycles. The van der Waals surface area contributed by atoms with Crippen molar-refractivity contribution in [3.63, 3.8) is 0 Å². The van der Waals surface area contributed by atoms with E-state index in [2.05, 4.69) is 0 Å². The molecule has 0 saturated heterocycles. The lowest BCUT2D eigenvalue weighted by Gasteiger charge is -2.28. The fourth-order valence-electron chi connectivity index (χ4n) is 2.34. The van der Waals surface area contributed by atoms with Gasteiger partial charge in [0.25, 0.3) is 5.91 Å². The molecule has 5 nitrogen and oxygen atoms in total. The zero-order chi connectivity index (χ0) is 15.5. The van der Waals surface area contributed by atoms with Crippen molar-refractivity contribution < 1.29 is 19.4 Å². The first-order chi connectivity index (χ1) is 10.6. The van der Waals surface area contributed by atoms with Crippen LogP contribution in [0.15, 0.2) is 48.5 Å². The first-order valence-electron chi connectivity index (χ1n) is 7.05. The largest absolute Gasteiger partial charge is 0.508 e. The fraction of sp³-hybridized carbons (Fsp3) is 0.235. The Hall–Kier alpha value is -2.69. The molecule has 2 aromatic carbocycles. The maximum Gasteiger partial charge on any atom is 0.267 e. The van der Waals surface area contributed by atoms with E-state index in [1.807, 2.05) is 18.2 Å². The molecular formula is C17H17NO4. The number of hydrogen-bond donors (Lipinski definition) is 1. The molecular weight excluding hydrogens is 282 g/mol. The number of amides is 1. The smallest absolute Gasteiger partial charge is 0.267 e. The molecule has 0 spiro atoms. The molecule has 0 aromatic heterocycles. The maximum absolute atomic E-state index is 12.5. The molecule has 1 aliphatic heterocycles. The summed E-state index contributed by atoms with van der Waals surface area (Å²) in [6.07, 6.45) is -0.642. The van der Waals surface area contributed by atoms with Crippen molar-refractivity contribution in [3.05, 3.63) is 54.1 Å². The number of phenols is 1. The molecule has 0 aliphatic carbocycles. The van der Waals surface area contributed by atoms with Crippen LogP contribution in [0.4, 0.5) is 0 Å². The molecule has 2 aromatic rings. The Balaban J connectivity index is 1.65. The number of fused-ring (bicyclic) bond motifs is 1. The quantitative estimate of drug-likeness (QED) is 0.944. The summed E-state index contributed by atoms with van der Waals surface area (Å²) in [6.45, 7) is 0.649. The highest BCUT2D eigenvalue weighted by Gasteiger charge is 2.29. The van der Waals surface area contributed by atoms with Crippen molar-refractivity contribution >= 4 is 5.91 Å². The van der Waals surface area contributed by atoms with Crippen molar-refractivity contribution in [2.45, 2.75) is 12.6 Å². The second-order valence-corrected chi connectivity index (χ2v) is 5.22. The molecule has 0 unspecified atom stereocenters. The van der Waals surface area contributed by atoms with Crippen LogP contribution in [-0.2, 0) is 11.3 Å². The third kappa shape index (κ3) is 2.98. The number of benzene rings is 2. The number of nitrogens with zero attached hydrogens (tertiary/aromatic N) is 1. The SMILES string of the molecule is CN(Cc1ccc(O)cc1)C(=O)[C@@H]1COc2ccccc2O1. The molecule has 1 aliphatic rings. The number of ether oxygens (including phenoxy) is 2. The third-order valence-corrected chi connectivity index (χ3v) is 3.52. The Morgan fingerprint density at radius 1 is 1.18 bits per heavy atom. The maximum atomic E-state index is 12.5. The summed E-state index contributed by atoms with van der Waals surface area (Å²) in [5, 5.41) is 9.28. The standard InChI is InChI=1S/C17H17NO4/c1-18(10-12-6-8-13(19)9-7-12)17(20)16-11-21-14-4-2-3-5-15(14)22-16/h2-9,16,19H,10-11H2,1H3/t16-/m0/s1. The van der Waals surface area contributed by atoms with Crippen molar-refractivity contribution in [1.82, 2.24) is 4.90 Å². The average molecular weight is 299 g/mol. The van der Waals surface area contributed by atoms with Crippen LogP contribution in [0.3, 0.4) is 0 Å². The normalized spacial score (nSPS) is 16.1. The van der Waals surface area contributed by atoms with Gasteiger partial charge in [-0.2, -0.15) is 0 Å². The van der Waals surface area contributed by atoms with Crippen LogP contribution >= 0.6 is 0 Å². The molecule has 0 radical (unpaired) electrons. The van der Waals surface area contributed by atoms with E-state index in [0.29, 0.717) is 18.0 Å². The zero-order valence-electron chi connectivity index (χ0n) is 12.2. The number of likely N-dealkylation sites (N-methyl/N-ethyl adjacent to an activating group) is 1. The molecule has 114 valence electrons. The van der Waals surface area contributed by atoms with Crippen LogP contribution in [0.2, 0.25) is 0 Å². The fourth-order valence-corrected chi connectivity index (χ4v) is 2.34. The second-order valence-electron chi connectivity index (χ2n) is 5.22. The minimum absolute atomic E-state index is 0.137. The van der Waals surface area contributed by atoms with Crippen LogP contribution in [0.1, 0.15) is 5.56 Å². The summed E-state index contributed by atoms with van der Waals surface area (Å²) >= 11 is 0. The Morgan fingerprint density at radius 3 is 2.59 bits per heavy atom. The van der Waals surface area contributed by atoms with Gasteiger partial charge in [0.2, 0.25) is 6.10 Å². The van der Waals surface area contributed by atoms with Gasteiger partial charge in [0.05, 0.1) is 0 Å². The molecule has 0 fully saturated rings. The average Bonchev–Trinajstić information content (AvgIpc) is 2.55. The van der Waals surface area contributed by atoms with E-state index in [1.54, 1.807) is 42.3 Å². The summed E-state index contributed by atoms with van der Waals surface area (Å²) in [5.74, 6) is 1.32. The van der Waals surface area contributed by atoms with Gasteiger partial charge in [0.1, 0.15) is 12.4 Å². The Bertz CT molecular complexity index is 669. The van der Waals surface area contributed by atoms with Crippen molar-refractivity contribution in [2.75, 3.05) is 13.7 Å². The highest BCUT2D eigenvalue weighted by Crippen LogP contribution is 2.31. The van der Waals surface area contributed by atoms with Gasteiger partial charge in [-0.1, -0.05) is 24.3 Å². The number of phenolic OH excluding ortho intramolecular Hbond substituents is 1. The van der Waals surface area contributed by atoms with Crippen LogP contribution < -0.4 is 9.47 Å². The van der Waals surface area contributed by atoms with E-state index in [1.165, 1.54) is 0 Å². The highest BCUT2D eigenvalue weighted by molar-refractivity contribution is 5.81. The van der Waals surface area contributed by atoms with E-state index >= 15 is 0 Å². The molecule has 1 amide bonds. The minimum Gasteiger partial charge on any atom is -0.508 e. The van der Waals surface area contributed by atoms with Gasteiger partial charge in [-0.3, -0.25) is 4.79 Å². The first kappa shape index (κ1) is 14.3. The monoisotopic (exact) mass is 299 g/mol. The summed E-state index contributed by atoms with van der Waals surface area (Å²) in [6, 6.07) is 14.1. The van der Waals surface area contributed by atoms with Crippen molar-refractivity contribution in [3.8, 4) is 17.2 Å². The van der Waals surface area contributed by atoms with E-state index in [0.717, 1.165) is 5.56 Å². The number of carbonyl (C=O) groups is 1. The number of aromatic hydroxyl groups is 1. The van der Waals surface area contributed by atoms with E-state index in [-0.39, 0.29) is 18.3 Å². The number of rotatable bonds is 3. The first-order valence-corrected chi connectivity index (χ1v) is 7.05. The predicted octanol–water partition coefficient (Wildman–Crippen LogP) is 2.19. The van der Waals surface area contributed by atoms with Gasteiger partial charge < -0.3 is 19.5 Å². The zero-order valence-corrected chi connectivity index (χ0v) is 12.2. The predicted molar refractivity (Wildman–Crippen MR) is 80.9 cm³/mol. The summed E-state index contributed by atoms with van der Waals surface area (Å²) in [5.41, 5.74) is 0.936. The van der Waals surface area contributed by atoms with Crippen LogP contribution in [-0.4, -0.2) is 35.7 Å². The van der Waals surface area contributed by atoms with Crippen molar-refractivity contribution in [2.24, 2.45) is 0 Å². The highest BCUT2D eigenvalue weighted by atomic mass is 16.6. The summed E-state index contributed by atoms with van der Waals surface area (Å²) in [4.78, 5) is 14.0. The van der Waals surface area contributed by atoms with E-state index in [9.17, 15) is 9.90 Å². The molecule has 22 heavy (non-hydrogen) atoms. The van der Waals surface area contributed by atoms with Gasteiger partial charge in [0.15, 0.2) is 11.5 Å². The Morgan fingerprint density at radius 2 is 1.86 bits per heavy atom. The van der Waals surface area contributed by atoms with Gasteiger partial charge in [-0.25, -0.2) is 0 Å². The molecule has 0 bridgehead atoms. The van der Waals surface area contributed by atoms with Crippen LogP contribution in [0, 0.1) is 0 Å². The Kier molecular flexibility index (Phi) is 3.87. The number of hydrogen-bond acceptors (Lipinski definition) is 4. The molecule has 1 atom stereocenters. The van der Waals surface area contributed by atoms with Crippen molar-refractivity contribution in [1.29, 1.82) is 0 Å². The van der Waals surface area contributed by atoms with Gasteiger partial charge in [0, 0.05) is 13.6 Å². The second kappa shape index (κ2) is 5.97. The van der Waals surface area contributed by atoms with Gasteiger partial charge >= 0.3 is 0 Å². The van der Waals surface area contributed by atoms with Crippen LogP contribution in [0.5, 0.6) is 17.2 Å². The number of carbonyl (C=O) groups excluding carboxylic acids is 1. The topological polar surface area (TPSA) is 59.0 Å². The van der Waals surface area contributed by atoms with Gasteiger partial charge in [-0.15, -0.1) is 0 Å². The lowest BCUT2D eigenvalue weighted by atomic mass is 10.2. The molecule has 0 saturated carbocycles. The molecule has 5 heteroatoms. The van der Waals surface area contributed by atoms with Crippen LogP contribution in [0.25, 0.3) is 0 Å². The summed E-state index contributed by atoms with van der Waals surface area (Å²) < 4.78 is 11.3. The summed E-state index contributed by atoms with van der Waals surface area (Å²) in [7, 11) is 1.72. The lowest BCUT2D eigenvalue weighted by molar-refractivity contribution is -0.140. The lowest BCUT2D eigenvalue weighted by Crippen LogP contribution is -2.44. The molecule has 1 N–H and O–H groups in total. The van der Waals surface area contributed by atoms with E-state index < -0.39 is 6.10 Å². The minimum atomic E-state index is -0.642. The third-order valence-electron chi connectivity index (χ3n) is 3.52. The molecule has 3 rings (SSSR count). The Labute approximate surface area is 128 Å². The van der Waals surface area contributed by atoms with E-state index in [4.69, 9.17) is 9.47 Å².